The standard InChI is InChI=1S/C24H29ClN8O3S/c1-14(2)36-17-8-9-26-20(13-17)37(34,35)32-19-7-6-16(12-18(19)25)22-28-23(27-10-11-33(4)5)21-15(3)30-31-24(21)29-22/h6-9,12-14,32H,10-11H2,1-5H3,(H2,27,28,29,30,31). The van der Waals surface area contributed by atoms with E-state index in [-0.39, 0.29) is 21.8 Å². The Labute approximate surface area is 220 Å². The number of sulfonamides is 1. The van der Waals surface area contributed by atoms with Gasteiger partial charge in [-0.1, -0.05) is 11.6 Å². The highest BCUT2D eigenvalue weighted by atomic mass is 35.5. The van der Waals surface area contributed by atoms with E-state index in [2.05, 4.69) is 35.1 Å². The first-order valence-corrected chi connectivity index (χ1v) is 13.5. The van der Waals surface area contributed by atoms with Crippen molar-refractivity contribution in [1.82, 2.24) is 30.0 Å². The molecular formula is C24H29ClN8O3S. The topological polar surface area (TPSA) is 138 Å². The van der Waals surface area contributed by atoms with E-state index in [1.807, 2.05) is 34.9 Å². The third-order valence-corrected chi connectivity index (χ3v) is 6.85. The van der Waals surface area contributed by atoms with Gasteiger partial charge in [0.25, 0.3) is 10.0 Å². The first-order valence-electron chi connectivity index (χ1n) is 11.6. The number of hydrogen-bond acceptors (Lipinski definition) is 9. The number of halogens is 1. The number of nitrogens with one attached hydrogen (secondary N) is 3. The number of aryl methyl sites for hydroxylation is 1. The molecule has 0 unspecified atom stereocenters. The Morgan fingerprint density at radius 1 is 1.16 bits per heavy atom. The van der Waals surface area contributed by atoms with Crippen LogP contribution in [0.2, 0.25) is 5.02 Å². The molecule has 0 radical (unpaired) electrons. The minimum Gasteiger partial charge on any atom is -0.491 e. The van der Waals surface area contributed by atoms with Crippen LogP contribution in [-0.4, -0.2) is 71.8 Å². The molecule has 4 aromatic rings. The monoisotopic (exact) mass is 544 g/mol. The highest BCUT2D eigenvalue weighted by Crippen LogP contribution is 2.31. The van der Waals surface area contributed by atoms with Crippen molar-refractivity contribution in [2.24, 2.45) is 0 Å². The highest BCUT2D eigenvalue weighted by molar-refractivity contribution is 7.92. The number of ether oxygens (including phenoxy) is 1. The fourth-order valence-corrected chi connectivity index (χ4v) is 4.88. The van der Waals surface area contributed by atoms with Crippen molar-refractivity contribution >= 4 is 44.2 Å². The van der Waals surface area contributed by atoms with Crippen LogP contribution in [0.1, 0.15) is 19.5 Å². The zero-order chi connectivity index (χ0) is 26.7. The number of nitrogens with zero attached hydrogens (tertiary/aromatic N) is 5. The summed E-state index contributed by atoms with van der Waals surface area (Å²) in [6.07, 6.45) is 1.27. The molecule has 0 bridgehead atoms. The molecule has 3 aromatic heterocycles. The molecule has 3 heterocycles. The molecule has 37 heavy (non-hydrogen) atoms. The zero-order valence-electron chi connectivity index (χ0n) is 21.2. The minimum atomic E-state index is -4.01. The molecule has 11 nitrogen and oxygen atoms in total. The van der Waals surface area contributed by atoms with E-state index >= 15 is 0 Å². The summed E-state index contributed by atoms with van der Waals surface area (Å²) in [5.74, 6) is 1.48. The quantitative estimate of drug-likeness (QED) is 0.271. The maximum Gasteiger partial charge on any atom is 0.279 e. The maximum absolute atomic E-state index is 13.0. The van der Waals surface area contributed by atoms with Crippen LogP contribution in [0.3, 0.4) is 0 Å². The lowest BCUT2D eigenvalue weighted by molar-refractivity contribution is 0.241. The van der Waals surface area contributed by atoms with E-state index in [1.54, 1.807) is 24.3 Å². The molecule has 13 heteroatoms. The average molecular weight is 545 g/mol. The van der Waals surface area contributed by atoms with Gasteiger partial charge in [-0.2, -0.15) is 13.5 Å². The van der Waals surface area contributed by atoms with E-state index in [1.165, 1.54) is 12.3 Å². The number of likely N-dealkylation sites (N-methyl/N-ethyl adjacent to an activating group) is 1. The summed E-state index contributed by atoms with van der Waals surface area (Å²) in [6.45, 7) is 7.09. The van der Waals surface area contributed by atoms with Gasteiger partial charge < -0.3 is 15.0 Å². The summed E-state index contributed by atoms with van der Waals surface area (Å²) in [4.78, 5) is 15.3. The Kier molecular flexibility index (Phi) is 7.81. The Morgan fingerprint density at radius 3 is 2.65 bits per heavy atom. The predicted octanol–water partition coefficient (Wildman–Crippen LogP) is 3.94. The number of aromatic amines is 1. The van der Waals surface area contributed by atoms with Gasteiger partial charge in [0.05, 0.1) is 27.9 Å². The number of rotatable bonds is 10. The lowest BCUT2D eigenvalue weighted by Gasteiger charge is -2.14. The summed E-state index contributed by atoms with van der Waals surface area (Å²) in [5, 5.41) is 11.4. The summed E-state index contributed by atoms with van der Waals surface area (Å²) in [5.41, 5.74) is 2.19. The number of fused-ring (bicyclic) bond motifs is 1. The number of aromatic nitrogens is 5. The fourth-order valence-electron chi connectivity index (χ4n) is 3.55. The van der Waals surface area contributed by atoms with Gasteiger partial charge in [0.1, 0.15) is 11.6 Å². The van der Waals surface area contributed by atoms with Crippen LogP contribution in [-0.2, 0) is 10.0 Å². The molecular weight excluding hydrogens is 516 g/mol. The van der Waals surface area contributed by atoms with Crippen molar-refractivity contribution in [3.63, 3.8) is 0 Å². The molecule has 0 fully saturated rings. The van der Waals surface area contributed by atoms with E-state index in [0.717, 1.165) is 17.6 Å². The summed E-state index contributed by atoms with van der Waals surface area (Å²) in [6, 6.07) is 7.84. The number of benzene rings is 1. The average Bonchev–Trinajstić information content (AvgIpc) is 3.20. The van der Waals surface area contributed by atoms with Gasteiger partial charge in [0.2, 0.25) is 0 Å². The SMILES string of the molecule is Cc1n[nH]c2nc(-c3ccc(NS(=O)(=O)c4cc(OC(C)C)ccn4)c(Cl)c3)nc(NCCN(C)C)c12. The summed E-state index contributed by atoms with van der Waals surface area (Å²) in [7, 11) is -0.0142. The molecule has 0 saturated heterocycles. The lowest BCUT2D eigenvalue weighted by Crippen LogP contribution is -2.21. The van der Waals surface area contributed by atoms with Crippen LogP contribution in [0.15, 0.2) is 41.6 Å². The first kappa shape index (κ1) is 26.6. The fraction of sp³-hybridized carbons (Fsp3) is 0.333. The van der Waals surface area contributed by atoms with Crippen molar-refractivity contribution in [3.05, 3.63) is 47.2 Å². The number of pyridine rings is 1. The van der Waals surface area contributed by atoms with Crippen LogP contribution in [0.5, 0.6) is 5.75 Å². The molecule has 0 aliphatic heterocycles. The van der Waals surface area contributed by atoms with Crippen molar-refractivity contribution < 1.29 is 13.2 Å². The highest BCUT2D eigenvalue weighted by Gasteiger charge is 2.20. The third kappa shape index (κ3) is 6.27. The normalized spacial score (nSPS) is 11.9. The van der Waals surface area contributed by atoms with E-state index in [0.29, 0.717) is 35.1 Å². The molecule has 0 aliphatic rings. The Hall–Kier alpha value is -3.48. The van der Waals surface area contributed by atoms with Crippen LogP contribution in [0, 0.1) is 6.92 Å². The number of hydrogen-bond donors (Lipinski definition) is 3. The Balaban J connectivity index is 1.61. The maximum atomic E-state index is 13.0. The molecule has 196 valence electrons. The van der Waals surface area contributed by atoms with Gasteiger partial charge in [0, 0.05) is 30.9 Å². The van der Waals surface area contributed by atoms with Crippen molar-refractivity contribution in [3.8, 4) is 17.1 Å². The van der Waals surface area contributed by atoms with Crippen molar-refractivity contribution in [2.75, 3.05) is 37.2 Å². The van der Waals surface area contributed by atoms with Gasteiger partial charge in [-0.25, -0.2) is 15.0 Å². The molecule has 0 saturated carbocycles. The molecule has 4 rings (SSSR count). The Morgan fingerprint density at radius 2 is 1.95 bits per heavy atom. The van der Waals surface area contributed by atoms with Gasteiger partial charge >= 0.3 is 0 Å². The predicted molar refractivity (Wildman–Crippen MR) is 145 cm³/mol. The van der Waals surface area contributed by atoms with Crippen LogP contribution < -0.4 is 14.8 Å². The van der Waals surface area contributed by atoms with E-state index in [4.69, 9.17) is 21.3 Å². The van der Waals surface area contributed by atoms with Gasteiger partial charge in [0.15, 0.2) is 16.5 Å². The first-order chi connectivity index (χ1) is 17.5. The third-order valence-electron chi connectivity index (χ3n) is 5.28. The van der Waals surface area contributed by atoms with E-state index in [9.17, 15) is 8.42 Å². The minimum absolute atomic E-state index is 0.108. The second-order valence-corrected chi connectivity index (χ2v) is 11.0. The molecule has 0 spiro atoms. The van der Waals surface area contributed by atoms with E-state index < -0.39 is 10.0 Å². The Bertz CT molecular complexity index is 1520. The second kappa shape index (κ2) is 10.9. The summed E-state index contributed by atoms with van der Waals surface area (Å²) < 4.78 is 34.0. The van der Waals surface area contributed by atoms with Gasteiger partial charge in [-0.15, -0.1) is 0 Å². The van der Waals surface area contributed by atoms with Gasteiger partial charge in [-0.05, 0) is 59.1 Å². The van der Waals surface area contributed by atoms with Crippen molar-refractivity contribution in [2.45, 2.75) is 31.9 Å². The second-order valence-electron chi connectivity index (χ2n) is 8.96. The molecule has 1 aromatic carbocycles. The smallest absolute Gasteiger partial charge is 0.279 e. The molecule has 0 amide bonds. The number of H-pyrrole nitrogens is 1. The molecule has 0 aliphatic carbocycles. The number of anilines is 2. The van der Waals surface area contributed by atoms with Gasteiger partial charge in [-0.3, -0.25) is 9.82 Å². The summed E-state index contributed by atoms with van der Waals surface area (Å²) >= 11 is 6.48. The van der Waals surface area contributed by atoms with Crippen molar-refractivity contribution in [1.29, 1.82) is 0 Å². The van der Waals surface area contributed by atoms with Crippen LogP contribution in [0.25, 0.3) is 22.4 Å². The molecule has 0 atom stereocenters. The zero-order valence-corrected chi connectivity index (χ0v) is 22.8. The lowest BCUT2D eigenvalue weighted by atomic mass is 10.2. The van der Waals surface area contributed by atoms with Crippen LogP contribution >= 0.6 is 11.6 Å². The van der Waals surface area contributed by atoms with Crippen LogP contribution in [0.4, 0.5) is 11.5 Å². The molecule has 3 N–H and O–H groups in total. The largest absolute Gasteiger partial charge is 0.491 e.